The highest BCUT2D eigenvalue weighted by Gasteiger charge is 2.16. The van der Waals surface area contributed by atoms with Gasteiger partial charge in [0.1, 0.15) is 5.00 Å². The van der Waals surface area contributed by atoms with Crippen LogP contribution in [0.1, 0.15) is 5.56 Å². The van der Waals surface area contributed by atoms with Crippen molar-refractivity contribution in [3.63, 3.8) is 0 Å². The predicted molar refractivity (Wildman–Crippen MR) is 120 cm³/mol. The molecule has 3 aromatic carbocycles. The maximum atomic E-state index is 13.3. The first-order chi connectivity index (χ1) is 13.6. The molecule has 0 aliphatic rings. The second-order valence-corrected chi connectivity index (χ2v) is 8.25. The van der Waals surface area contributed by atoms with Crippen LogP contribution in [0, 0.1) is 6.92 Å². The maximum absolute atomic E-state index is 13.3. The lowest BCUT2D eigenvalue weighted by molar-refractivity contribution is 1.06. The highest BCUT2D eigenvalue weighted by Crippen LogP contribution is 2.36. The van der Waals surface area contributed by atoms with Crippen molar-refractivity contribution < 1.29 is 0 Å². The van der Waals surface area contributed by atoms with Crippen LogP contribution in [0.3, 0.4) is 0 Å². The fourth-order valence-electron chi connectivity index (χ4n) is 3.74. The van der Waals surface area contributed by atoms with E-state index in [9.17, 15) is 4.79 Å². The molecule has 0 aliphatic carbocycles. The van der Waals surface area contributed by atoms with E-state index in [1.807, 2.05) is 65.2 Å². The zero-order chi connectivity index (χ0) is 19.3. The fraction of sp³-hybridized carbons (Fsp3) is 0.0417. The van der Waals surface area contributed by atoms with Gasteiger partial charge in [-0.3, -0.25) is 9.36 Å². The molecular weight excluding hydrogens is 386 g/mol. The lowest BCUT2D eigenvalue weighted by atomic mass is 10.0. The van der Waals surface area contributed by atoms with Crippen LogP contribution in [0.2, 0.25) is 5.02 Å². The first kappa shape index (κ1) is 17.2. The molecule has 28 heavy (non-hydrogen) atoms. The van der Waals surface area contributed by atoms with Crippen molar-refractivity contribution in [2.45, 2.75) is 6.92 Å². The van der Waals surface area contributed by atoms with E-state index in [1.54, 1.807) is 17.4 Å². The van der Waals surface area contributed by atoms with Crippen molar-refractivity contribution in [2.24, 2.45) is 0 Å². The molecule has 136 valence electrons. The van der Waals surface area contributed by atoms with E-state index in [4.69, 9.17) is 11.6 Å². The first-order valence-corrected chi connectivity index (χ1v) is 10.2. The maximum Gasteiger partial charge on any atom is 0.256 e. The summed E-state index contributed by atoms with van der Waals surface area (Å²) in [6.07, 6.45) is 0. The largest absolute Gasteiger partial charge is 0.269 e. The smallest absolute Gasteiger partial charge is 0.256 e. The van der Waals surface area contributed by atoms with Crippen LogP contribution in [-0.2, 0) is 0 Å². The topological polar surface area (TPSA) is 22.0 Å². The van der Waals surface area contributed by atoms with Crippen molar-refractivity contribution in [1.82, 2.24) is 4.57 Å². The Hall–Kier alpha value is -2.88. The number of hydrogen-bond acceptors (Lipinski definition) is 2. The molecule has 0 amide bonds. The molecule has 0 N–H and O–H groups in total. The normalized spacial score (nSPS) is 11.4. The Kier molecular flexibility index (Phi) is 4.08. The third-order valence-electron chi connectivity index (χ3n) is 5.08. The summed E-state index contributed by atoms with van der Waals surface area (Å²) in [6, 6.07) is 25.7. The van der Waals surface area contributed by atoms with Gasteiger partial charge in [-0.25, -0.2) is 0 Å². The Morgan fingerprint density at radius 1 is 0.857 bits per heavy atom. The van der Waals surface area contributed by atoms with Crippen molar-refractivity contribution >= 4 is 43.9 Å². The Morgan fingerprint density at radius 2 is 1.61 bits per heavy atom. The van der Waals surface area contributed by atoms with Gasteiger partial charge in [-0.1, -0.05) is 60.1 Å². The average Bonchev–Trinajstić information content (AvgIpc) is 3.05. The van der Waals surface area contributed by atoms with Crippen molar-refractivity contribution in [2.75, 3.05) is 0 Å². The third-order valence-corrected chi connectivity index (χ3v) is 6.58. The summed E-state index contributed by atoms with van der Waals surface area (Å²) in [4.78, 5) is 13.3. The van der Waals surface area contributed by atoms with Gasteiger partial charge in [0, 0.05) is 21.2 Å². The van der Waals surface area contributed by atoms with Crippen molar-refractivity contribution in [3.05, 3.63) is 99.8 Å². The fourth-order valence-corrected chi connectivity index (χ4v) is 5.14. The van der Waals surface area contributed by atoms with Gasteiger partial charge in [-0.05, 0) is 53.3 Å². The van der Waals surface area contributed by atoms with E-state index < -0.39 is 0 Å². The zero-order valence-electron chi connectivity index (χ0n) is 15.1. The molecule has 5 rings (SSSR count). The number of aryl methyl sites for hydroxylation is 1. The summed E-state index contributed by atoms with van der Waals surface area (Å²) in [5.74, 6) is 0. The summed E-state index contributed by atoms with van der Waals surface area (Å²) in [7, 11) is 0. The second kappa shape index (κ2) is 6.62. The summed E-state index contributed by atoms with van der Waals surface area (Å²) in [6.45, 7) is 2.08. The van der Waals surface area contributed by atoms with E-state index in [0.717, 1.165) is 32.6 Å². The minimum atomic E-state index is -0.0386. The van der Waals surface area contributed by atoms with Crippen LogP contribution in [0.15, 0.2) is 83.7 Å². The van der Waals surface area contributed by atoms with E-state index in [1.165, 1.54) is 10.1 Å². The predicted octanol–water partition coefficient (Wildman–Crippen LogP) is 6.83. The van der Waals surface area contributed by atoms with Crippen LogP contribution < -0.4 is 5.56 Å². The van der Waals surface area contributed by atoms with E-state index in [-0.39, 0.29) is 5.56 Å². The zero-order valence-corrected chi connectivity index (χ0v) is 16.7. The quantitative estimate of drug-likeness (QED) is 0.317. The average molecular weight is 402 g/mol. The molecule has 0 radical (unpaired) electrons. The van der Waals surface area contributed by atoms with Crippen LogP contribution in [0.25, 0.3) is 37.1 Å². The van der Waals surface area contributed by atoms with Crippen LogP contribution in [0.5, 0.6) is 0 Å². The number of hydrogen-bond donors (Lipinski definition) is 0. The summed E-state index contributed by atoms with van der Waals surface area (Å²) >= 11 is 7.97. The molecule has 0 saturated heterocycles. The van der Waals surface area contributed by atoms with E-state index >= 15 is 0 Å². The standard InChI is InChI=1S/C24H16ClNOS/c1-15-18-9-5-6-10-22(18)28-24(15)26-21-12-11-17(25)13-20(21)19(14-23(26)27)16-7-3-2-4-8-16/h2-14H,1H3. The molecule has 0 bridgehead atoms. The molecule has 0 fully saturated rings. The molecule has 0 spiro atoms. The second-order valence-electron chi connectivity index (χ2n) is 6.79. The molecule has 2 aromatic heterocycles. The number of thiophene rings is 1. The Bertz CT molecular complexity index is 1400. The lowest BCUT2D eigenvalue weighted by Gasteiger charge is -2.14. The van der Waals surface area contributed by atoms with Gasteiger partial charge in [0.25, 0.3) is 5.56 Å². The molecule has 0 saturated carbocycles. The molecule has 5 aromatic rings. The first-order valence-electron chi connectivity index (χ1n) is 9.03. The summed E-state index contributed by atoms with van der Waals surface area (Å²) in [5, 5.41) is 3.76. The van der Waals surface area contributed by atoms with Crippen LogP contribution >= 0.6 is 22.9 Å². The monoisotopic (exact) mass is 401 g/mol. The number of halogens is 1. The molecular formula is C24H16ClNOS. The van der Waals surface area contributed by atoms with E-state index in [2.05, 4.69) is 19.1 Å². The highest BCUT2D eigenvalue weighted by atomic mass is 35.5. The molecule has 4 heteroatoms. The molecule has 2 heterocycles. The molecule has 0 unspecified atom stereocenters. The van der Waals surface area contributed by atoms with Gasteiger partial charge >= 0.3 is 0 Å². The number of fused-ring (bicyclic) bond motifs is 2. The molecule has 0 atom stereocenters. The highest BCUT2D eigenvalue weighted by molar-refractivity contribution is 7.21. The molecule has 0 aliphatic heterocycles. The summed E-state index contributed by atoms with van der Waals surface area (Å²) < 4.78 is 2.99. The van der Waals surface area contributed by atoms with Crippen LogP contribution in [0.4, 0.5) is 0 Å². The number of benzene rings is 3. The van der Waals surface area contributed by atoms with Gasteiger partial charge < -0.3 is 0 Å². The van der Waals surface area contributed by atoms with Gasteiger partial charge in [-0.15, -0.1) is 11.3 Å². The van der Waals surface area contributed by atoms with Crippen molar-refractivity contribution in [3.8, 4) is 16.1 Å². The SMILES string of the molecule is Cc1c(-n2c(=O)cc(-c3ccccc3)c3cc(Cl)ccc32)sc2ccccc12. The van der Waals surface area contributed by atoms with Gasteiger partial charge in [0.05, 0.1) is 5.52 Å². The van der Waals surface area contributed by atoms with E-state index in [0.29, 0.717) is 5.02 Å². The molecule has 2 nitrogen and oxygen atoms in total. The Morgan fingerprint density at radius 3 is 2.39 bits per heavy atom. The van der Waals surface area contributed by atoms with Gasteiger partial charge in [-0.2, -0.15) is 0 Å². The van der Waals surface area contributed by atoms with Gasteiger partial charge in [0.15, 0.2) is 0 Å². The minimum absolute atomic E-state index is 0.0386. The lowest BCUT2D eigenvalue weighted by Crippen LogP contribution is -2.18. The van der Waals surface area contributed by atoms with Crippen molar-refractivity contribution in [1.29, 1.82) is 0 Å². The number of rotatable bonds is 2. The third kappa shape index (κ3) is 2.67. The number of aromatic nitrogens is 1. The van der Waals surface area contributed by atoms with Gasteiger partial charge in [0.2, 0.25) is 0 Å². The summed E-state index contributed by atoms with van der Waals surface area (Å²) in [5.41, 5.74) is 3.85. The minimum Gasteiger partial charge on any atom is -0.269 e. The number of pyridine rings is 1. The Labute approximate surface area is 171 Å². The number of nitrogens with zero attached hydrogens (tertiary/aromatic N) is 1. The van der Waals surface area contributed by atoms with Crippen LogP contribution in [-0.4, -0.2) is 4.57 Å². The Balaban J connectivity index is 1.90.